The maximum absolute atomic E-state index is 12.5. The summed E-state index contributed by atoms with van der Waals surface area (Å²) >= 11 is 6.54. The molecule has 156 valence electrons. The van der Waals surface area contributed by atoms with E-state index in [1.54, 1.807) is 25.7 Å². The van der Waals surface area contributed by atoms with Gasteiger partial charge in [-0.15, -0.1) is 0 Å². The van der Waals surface area contributed by atoms with Crippen LogP contribution in [0, 0.1) is 5.41 Å². The number of nitrogens with zero attached hydrogens (tertiary/aromatic N) is 3. The van der Waals surface area contributed by atoms with Crippen molar-refractivity contribution in [1.82, 2.24) is 9.97 Å². The van der Waals surface area contributed by atoms with Crippen LogP contribution in [0.25, 0.3) is 11.3 Å². The average Bonchev–Trinajstić information content (AvgIpc) is 2.97. The maximum atomic E-state index is 12.5. The summed E-state index contributed by atoms with van der Waals surface area (Å²) in [5, 5.41) is 1.17. The molecule has 3 heterocycles. The fourth-order valence-corrected chi connectivity index (χ4v) is 6.28. The van der Waals surface area contributed by atoms with Crippen LogP contribution in [0.5, 0.6) is 0 Å². The zero-order valence-electron chi connectivity index (χ0n) is 17.1. The fourth-order valence-electron chi connectivity index (χ4n) is 4.41. The van der Waals surface area contributed by atoms with E-state index < -0.39 is 7.14 Å². The Bertz CT molecular complexity index is 938. The molecule has 0 amide bonds. The van der Waals surface area contributed by atoms with E-state index in [1.165, 1.54) is 0 Å². The minimum atomic E-state index is -2.47. The van der Waals surface area contributed by atoms with E-state index in [0.29, 0.717) is 16.0 Å². The quantitative estimate of drug-likeness (QED) is 0.746. The molecule has 29 heavy (non-hydrogen) atoms. The summed E-state index contributed by atoms with van der Waals surface area (Å²) in [6.45, 7) is 8.04. The Morgan fingerprint density at radius 1 is 1.24 bits per heavy atom. The second kappa shape index (κ2) is 7.66. The first-order valence-electron chi connectivity index (χ1n) is 10.00. The van der Waals surface area contributed by atoms with E-state index in [-0.39, 0.29) is 17.6 Å². The predicted molar refractivity (Wildman–Crippen MR) is 119 cm³/mol. The normalized spacial score (nSPS) is 24.2. The molecule has 8 heteroatoms. The Morgan fingerprint density at radius 3 is 2.52 bits per heavy atom. The maximum Gasteiger partial charge on any atom is 0.147 e. The first-order chi connectivity index (χ1) is 13.7. The standard InChI is InChI=1S/C21H28ClN4O2P/c1-14-20(23)21(13-28-14)7-9-26(10-8-21)18-12-24-16(11-25-18)15-5-4-6-17(19(15)22)29(2,3)27/h4-6,11-12,14,20H,7-10,13,23H2,1-3H3/t14-,20+/m0/s1. The van der Waals surface area contributed by atoms with E-state index in [4.69, 9.17) is 22.1 Å². The zero-order valence-corrected chi connectivity index (χ0v) is 18.8. The molecular weight excluding hydrogens is 407 g/mol. The van der Waals surface area contributed by atoms with Crippen LogP contribution < -0.4 is 15.9 Å². The highest BCUT2D eigenvalue weighted by Crippen LogP contribution is 2.42. The Balaban J connectivity index is 1.51. The number of anilines is 1. The van der Waals surface area contributed by atoms with Crippen LogP contribution in [0.15, 0.2) is 30.6 Å². The molecule has 0 bridgehead atoms. The van der Waals surface area contributed by atoms with Gasteiger partial charge >= 0.3 is 0 Å². The number of aromatic nitrogens is 2. The number of hydrogen-bond donors (Lipinski definition) is 1. The van der Waals surface area contributed by atoms with Crippen molar-refractivity contribution in [3.63, 3.8) is 0 Å². The van der Waals surface area contributed by atoms with Crippen molar-refractivity contribution in [3.8, 4) is 11.3 Å². The number of ether oxygens (including phenoxy) is 1. The predicted octanol–water partition coefficient (Wildman–Crippen LogP) is 3.38. The van der Waals surface area contributed by atoms with Crippen LogP contribution in [-0.2, 0) is 9.30 Å². The van der Waals surface area contributed by atoms with Crippen LogP contribution in [0.3, 0.4) is 0 Å². The van der Waals surface area contributed by atoms with Gasteiger partial charge in [-0.1, -0.05) is 23.7 Å². The van der Waals surface area contributed by atoms with Crippen molar-refractivity contribution in [3.05, 3.63) is 35.6 Å². The average molecular weight is 435 g/mol. The van der Waals surface area contributed by atoms with Gasteiger partial charge in [-0.25, -0.2) is 4.98 Å². The topological polar surface area (TPSA) is 81.3 Å². The largest absolute Gasteiger partial charge is 0.376 e. The molecular formula is C21H28ClN4O2P. The highest BCUT2D eigenvalue weighted by Gasteiger charge is 2.47. The highest BCUT2D eigenvalue weighted by atomic mass is 35.5. The molecule has 2 aliphatic heterocycles. The van der Waals surface area contributed by atoms with Gasteiger partial charge in [-0.2, -0.15) is 0 Å². The second-order valence-corrected chi connectivity index (χ2v) is 12.2. The van der Waals surface area contributed by atoms with Crippen molar-refractivity contribution in [2.45, 2.75) is 31.9 Å². The number of benzene rings is 1. The van der Waals surface area contributed by atoms with Gasteiger partial charge < -0.3 is 19.9 Å². The molecule has 2 fully saturated rings. The molecule has 0 saturated carbocycles. The summed E-state index contributed by atoms with van der Waals surface area (Å²) in [7, 11) is -2.47. The van der Waals surface area contributed by atoms with Gasteiger partial charge in [-0.3, -0.25) is 4.98 Å². The zero-order chi connectivity index (χ0) is 20.8. The van der Waals surface area contributed by atoms with E-state index in [9.17, 15) is 4.57 Å². The van der Waals surface area contributed by atoms with Gasteiger partial charge in [-0.05, 0) is 39.2 Å². The van der Waals surface area contributed by atoms with Crippen LogP contribution >= 0.6 is 18.7 Å². The summed E-state index contributed by atoms with van der Waals surface area (Å²) < 4.78 is 18.3. The van der Waals surface area contributed by atoms with E-state index >= 15 is 0 Å². The van der Waals surface area contributed by atoms with Crippen molar-refractivity contribution in [2.24, 2.45) is 11.1 Å². The summed E-state index contributed by atoms with van der Waals surface area (Å²) in [5.74, 6) is 0.855. The fraction of sp³-hybridized carbons (Fsp3) is 0.524. The number of nitrogens with two attached hydrogens (primary N) is 1. The number of piperidine rings is 1. The van der Waals surface area contributed by atoms with Crippen LogP contribution in [-0.4, -0.2) is 55.1 Å². The minimum Gasteiger partial charge on any atom is -0.376 e. The molecule has 2 atom stereocenters. The van der Waals surface area contributed by atoms with Crippen LogP contribution in [0.1, 0.15) is 19.8 Å². The Hall–Kier alpha value is -1.46. The molecule has 2 aliphatic rings. The molecule has 2 N–H and O–H groups in total. The Labute approximate surface area is 177 Å². The van der Waals surface area contributed by atoms with Crippen molar-refractivity contribution in [2.75, 3.05) is 37.9 Å². The molecule has 1 aromatic heterocycles. The van der Waals surface area contributed by atoms with Gasteiger partial charge in [0, 0.05) is 35.4 Å². The molecule has 2 aromatic rings. The lowest BCUT2D eigenvalue weighted by Crippen LogP contribution is -2.50. The van der Waals surface area contributed by atoms with Gasteiger partial charge in [0.15, 0.2) is 0 Å². The lowest BCUT2D eigenvalue weighted by molar-refractivity contribution is 0.0974. The van der Waals surface area contributed by atoms with Crippen molar-refractivity contribution in [1.29, 1.82) is 0 Å². The van der Waals surface area contributed by atoms with E-state index in [2.05, 4.69) is 21.8 Å². The lowest BCUT2D eigenvalue weighted by Gasteiger charge is -2.41. The second-order valence-electron chi connectivity index (χ2n) is 8.64. The van der Waals surface area contributed by atoms with E-state index in [0.717, 1.165) is 43.9 Å². The van der Waals surface area contributed by atoms with E-state index in [1.807, 2.05) is 18.2 Å². The number of rotatable bonds is 3. The molecule has 0 unspecified atom stereocenters. The molecule has 0 radical (unpaired) electrons. The van der Waals surface area contributed by atoms with Gasteiger partial charge in [0.05, 0.1) is 35.8 Å². The molecule has 1 aromatic carbocycles. The first-order valence-corrected chi connectivity index (χ1v) is 13.0. The third-order valence-corrected chi connectivity index (χ3v) is 8.47. The van der Waals surface area contributed by atoms with Crippen molar-refractivity contribution >= 4 is 29.9 Å². The lowest BCUT2D eigenvalue weighted by atomic mass is 9.73. The van der Waals surface area contributed by atoms with Gasteiger partial charge in [0.2, 0.25) is 0 Å². The van der Waals surface area contributed by atoms with Crippen molar-refractivity contribution < 1.29 is 9.30 Å². The molecule has 4 rings (SSSR count). The number of hydrogen-bond acceptors (Lipinski definition) is 6. The highest BCUT2D eigenvalue weighted by molar-refractivity contribution is 7.70. The third-order valence-electron chi connectivity index (χ3n) is 6.40. The Kier molecular flexibility index (Phi) is 5.49. The van der Waals surface area contributed by atoms with Gasteiger partial charge in [0.1, 0.15) is 13.0 Å². The third kappa shape index (κ3) is 3.84. The summed E-state index contributed by atoms with van der Waals surface area (Å²) in [5.41, 5.74) is 7.94. The van der Waals surface area contributed by atoms with Crippen LogP contribution in [0.2, 0.25) is 5.02 Å². The summed E-state index contributed by atoms with van der Waals surface area (Å²) in [6, 6.07) is 5.67. The molecule has 0 aliphatic carbocycles. The monoisotopic (exact) mass is 434 g/mol. The van der Waals surface area contributed by atoms with Crippen LogP contribution in [0.4, 0.5) is 5.82 Å². The summed E-state index contributed by atoms with van der Waals surface area (Å²) in [6.07, 6.45) is 5.66. The molecule has 1 spiro atoms. The molecule has 2 saturated heterocycles. The molecule has 6 nitrogen and oxygen atoms in total. The minimum absolute atomic E-state index is 0.0888. The smallest absolute Gasteiger partial charge is 0.147 e. The Morgan fingerprint density at radius 2 is 1.97 bits per heavy atom. The number of halogens is 1. The SMILES string of the molecule is C[C@@H]1OCC2(CCN(c3cnc(-c4cccc(P(C)(C)=O)c4Cl)cn3)CC2)[C@@H]1N. The first kappa shape index (κ1) is 20.8. The summed E-state index contributed by atoms with van der Waals surface area (Å²) in [4.78, 5) is 11.5. The van der Waals surface area contributed by atoms with Gasteiger partial charge in [0.25, 0.3) is 0 Å².